The second-order valence-electron chi connectivity index (χ2n) is 11.6. The molecule has 5 heteroatoms. The summed E-state index contributed by atoms with van der Waals surface area (Å²) in [4.78, 5) is 0. The Balaban J connectivity index is 5.54. The third-order valence-corrected chi connectivity index (χ3v) is 41.0. The van der Waals surface area contributed by atoms with Crippen molar-refractivity contribution < 1.29 is 7.56 Å². The fourth-order valence-corrected chi connectivity index (χ4v) is 47.9. The van der Waals surface area contributed by atoms with Gasteiger partial charge in [0.15, 0.2) is 0 Å². The summed E-state index contributed by atoms with van der Waals surface area (Å²) in [5.74, 6) is 0. The molecule has 0 fully saturated rings. The van der Waals surface area contributed by atoms with Crippen molar-refractivity contribution in [3.05, 3.63) is 0 Å². The van der Waals surface area contributed by atoms with Crippen molar-refractivity contribution in [1.82, 2.24) is 0 Å². The Bertz CT molecular complexity index is 405. The maximum atomic E-state index is 7.70. The molecule has 224 valence electrons. The molecule has 0 bridgehead atoms. The van der Waals surface area contributed by atoms with Crippen LogP contribution in [0.5, 0.6) is 0 Å². The number of hydrogen-bond donors (Lipinski definition) is 0. The van der Waals surface area contributed by atoms with E-state index in [0.29, 0.717) is 0 Å². The predicted molar refractivity (Wildman–Crippen MR) is 170 cm³/mol. The summed E-state index contributed by atoms with van der Waals surface area (Å²) in [6.45, 7) is 15.8. The van der Waals surface area contributed by atoms with E-state index in [9.17, 15) is 0 Å². The van der Waals surface area contributed by atoms with Crippen LogP contribution in [0.1, 0.15) is 170 Å². The molecule has 3 nitrogen and oxygen atoms in total. The van der Waals surface area contributed by atoms with Crippen LogP contribution in [-0.2, 0) is 7.56 Å². The first-order valence-corrected chi connectivity index (χ1v) is 29.8. The van der Waals surface area contributed by atoms with Gasteiger partial charge >= 0.3 is 247 Å². The van der Waals surface area contributed by atoms with Crippen LogP contribution in [0, 0.1) is 0 Å². The van der Waals surface area contributed by atoms with Crippen LogP contribution in [0.25, 0.3) is 0 Å². The number of rotatable bonds is 30. The van der Waals surface area contributed by atoms with E-state index in [1.807, 2.05) is 0 Å². The normalized spacial score (nSPS) is 12.5. The summed E-state index contributed by atoms with van der Waals surface area (Å²) in [5.41, 5.74) is 0. The van der Waals surface area contributed by atoms with Crippen molar-refractivity contribution in [2.24, 2.45) is 0 Å². The molecule has 0 aromatic heterocycles. The van der Waals surface area contributed by atoms with Gasteiger partial charge < -0.3 is 0 Å². The topological polar surface area (TPSA) is 27.7 Å². The summed E-state index contributed by atoms with van der Waals surface area (Å²) in [7, 11) is 0. The van der Waals surface area contributed by atoms with Gasteiger partial charge in [-0.25, -0.2) is 0 Å². The monoisotopic (exact) mass is 742 g/mol. The van der Waals surface area contributed by atoms with Crippen molar-refractivity contribution in [3.63, 3.8) is 0 Å². The molecule has 0 aromatic rings. The van der Waals surface area contributed by atoms with Crippen LogP contribution in [0.3, 0.4) is 0 Å². The van der Waals surface area contributed by atoms with Crippen LogP contribution in [-0.4, -0.2) is 51.6 Å². The minimum atomic E-state index is -3.22. The van der Waals surface area contributed by atoms with Gasteiger partial charge in [-0.3, -0.25) is 0 Å². The van der Waals surface area contributed by atoms with E-state index in [2.05, 4.69) is 41.5 Å². The summed E-state index contributed by atoms with van der Waals surface area (Å²) in [6, 6.07) is 0. The Morgan fingerprint density at radius 3 is 0.892 bits per heavy atom. The van der Waals surface area contributed by atoms with Crippen LogP contribution in [0.4, 0.5) is 0 Å². The van der Waals surface area contributed by atoms with Crippen molar-refractivity contribution in [2.75, 3.05) is 13.2 Å². The van der Waals surface area contributed by atoms with Crippen LogP contribution >= 0.6 is 0 Å². The molecule has 0 aromatic carbocycles. The third-order valence-electron chi connectivity index (χ3n) is 7.74. The van der Waals surface area contributed by atoms with E-state index >= 15 is 0 Å². The standard InChI is InChI=1S/2C8H17O.4C4H9.O.2Sn/c2*1-2-3-4-5-6-7-8-9;4*1-3-4-2;;;/h2*2-8H2,1H3;4*1,3-4H2,2H3;;;/q2*-1;;;;;;2*+1. The second kappa shape index (κ2) is 27.6. The Labute approximate surface area is 245 Å². The van der Waals surface area contributed by atoms with Gasteiger partial charge in [0.05, 0.1) is 0 Å². The van der Waals surface area contributed by atoms with Crippen molar-refractivity contribution in [2.45, 2.75) is 188 Å². The molecule has 0 heterocycles. The molecule has 0 rings (SSSR count). The zero-order chi connectivity index (χ0) is 27.5. The molecule has 0 saturated heterocycles. The summed E-state index contributed by atoms with van der Waals surface area (Å²) in [6.07, 6.45) is 26.1. The van der Waals surface area contributed by atoms with Gasteiger partial charge in [-0.2, -0.15) is 0 Å². The van der Waals surface area contributed by atoms with Gasteiger partial charge in [-0.05, 0) is 0 Å². The minimum absolute atomic E-state index is 0.941. The fraction of sp³-hybridized carbons (Fsp3) is 1.00. The van der Waals surface area contributed by atoms with Crippen LogP contribution in [0.2, 0.25) is 17.7 Å². The van der Waals surface area contributed by atoms with E-state index in [4.69, 9.17) is 7.56 Å². The SMILES string of the molecule is CCCCCCCC[O][Sn]([CH2]CCC)([CH2]CCC)[O][Sn]([CH2]CCC)([CH2]CCC)[O]CCCCCCCC. The second-order valence-corrected chi connectivity index (χ2v) is 33.8. The van der Waals surface area contributed by atoms with Gasteiger partial charge in [-0.1, -0.05) is 0 Å². The number of hydrogen-bond acceptors (Lipinski definition) is 3. The summed E-state index contributed by atoms with van der Waals surface area (Å²) in [5, 5.41) is 0. The van der Waals surface area contributed by atoms with E-state index in [-0.39, 0.29) is 0 Å². The molecular weight excluding hydrogens is 670 g/mol. The van der Waals surface area contributed by atoms with E-state index in [1.54, 1.807) is 0 Å². The van der Waals surface area contributed by atoms with E-state index < -0.39 is 38.4 Å². The Morgan fingerprint density at radius 2 is 0.595 bits per heavy atom. The first-order valence-electron chi connectivity index (χ1n) is 17.1. The van der Waals surface area contributed by atoms with Gasteiger partial charge in [0, 0.05) is 0 Å². The van der Waals surface area contributed by atoms with Crippen LogP contribution < -0.4 is 0 Å². The quantitative estimate of drug-likeness (QED) is 0.0542. The van der Waals surface area contributed by atoms with E-state index in [1.165, 1.54) is 146 Å². The zero-order valence-electron chi connectivity index (χ0n) is 26.6. The molecule has 37 heavy (non-hydrogen) atoms. The molecule has 0 radical (unpaired) electrons. The predicted octanol–water partition coefficient (Wildman–Crippen LogP) is 11.8. The summed E-state index contributed by atoms with van der Waals surface area (Å²) >= 11 is -6.43. The van der Waals surface area contributed by atoms with E-state index in [0.717, 1.165) is 13.2 Å². The first kappa shape index (κ1) is 38.5. The van der Waals surface area contributed by atoms with Gasteiger partial charge in [0.2, 0.25) is 0 Å². The molecule has 0 N–H and O–H groups in total. The average molecular weight is 740 g/mol. The molecule has 0 aliphatic carbocycles. The number of unbranched alkanes of at least 4 members (excludes halogenated alkanes) is 14. The fourth-order valence-electron chi connectivity index (χ4n) is 5.21. The van der Waals surface area contributed by atoms with Crippen LogP contribution in [0.15, 0.2) is 0 Å². The zero-order valence-corrected chi connectivity index (χ0v) is 32.3. The van der Waals surface area contributed by atoms with Gasteiger partial charge in [0.25, 0.3) is 0 Å². The Kier molecular flexibility index (Phi) is 28.7. The first-order chi connectivity index (χ1) is 18.1. The van der Waals surface area contributed by atoms with Crippen molar-refractivity contribution in [3.8, 4) is 0 Å². The average Bonchev–Trinajstić information content (AvgIpc) is 2.91. The Morgan fingerprint density at radius 1 is 0.324 bits per heavy atom. The molecule has 0 atom stereocenters. The maximum absolute atomic E-state index is 7.70. The van der Waals surface area contributed by atoms with Crippen molar-refractivity contribution >= 4 is 38.4 Å². The molecule has 0 spiro atoms. The van der Waals surface area contributed by atoms with Crippen molar-refractivity contribution in [1.29, 1.82) is 0 Å². The molecule has 0 amide bonds. The summed E-state index contributed by atoms with van der Waals surface area (Å²) < 4.78 is 26.9. The Hall–Kier alpha value is 1.48. The third kappa shape index (κ3) is 20.9. The van der Waals surface area contributed by atoms with Gasteiger partial charge in [-0.15, -0.1) is 0 Å². The molecule has 0 unspecified atom stereocenters. The molecule has 0 aliphatic heterocycles. The van der Waals surface area contributed by atoms with Gasteiger partial charge in [0.1, 0.15) is 0 Å². The molecule has 0 aliphatic rings. The molecule has 0 saturated carbocycles. The molecular formula is C32H70O3Sn2.